The molecule has 152 valence electrons. The maximum absolute atomic E-state index is 14.2. The highest BCUT2D eigenvalue weighted by atomic mass is 32.1. The molecule has 29 heavy (non-hydrogen) atoms. The van der Waals surface area contributed by atoms with Crippen LogP contribution in [0.25, 0.3) is 16.2 Å². The molecule has 1 aromatic heterocycles. The molecule has 3 N–H and O–H groups in total. The maximum atomic E-state index is 14.2. The first kappa shape index (κ1) is 22.5. The van der Waals surface area contributed by atoms with Crippen molar-refractivity contribution in [3.8, 4) is 0 Å². The number of benzene rings is 2. The van der Waals surface area contributed by atoms with Crippen LogP contribution in [-0.4, -0.2) is 17.7 Å². The van der Waals surface area contributed by atoms with Gasteiger partial charge in [0.15, 0.2) is 0 Å². The number of fused-ring (bicyclic) bond motifs is 1. The lowest BCUT2D eigenvalue weighted by atomic mass is 10.1. The number of hydroxylamine groups is 1. The zero-order valence-corrected chi connectivity index (χ0v) is 17.1. The second-order valence-corrected chi connectivity index (χ2v) is 7.17. The van der Waals surface area contributed by atoms with Crippen LogP contribution in [0.5, 0.6) is 0 Å². The standard InChI is InChI=1S/C20H19FN2O2S.C3H6/c21-18-12-14(5-7-19(24)23-25)4-6-17(18)13-22-10-8-15-2-1-3-16-9-11-26-20(15)16;1-3-2/h1-7,9,11-12,22,25H,8,10,13H2,(H,23,24);3H,1H2,2H3/b7-5+;. The van der Waals surface area contributed by atoms with Crippen LogP contribution in [0.15, 0.2) is 66.6 Å². The van der Waals surface area contributed by atoms with Crippen molar-refractivity contribution in [2.24, 2.45) is 0 Å². The molecule has 0 unspecified atom stereocenters. The summed E-state index contributed by atoms with van der Waals surface area (Å²) in [5.41, 5.74) is 3.92. The lowest BCUT2D eigenvalue weighted by molar-refractivity contribution is -0.124. The zero-order valence-electron chi connectivity index (χ0n) is 16.3. The van der Waals surface area contributed by atoms with E-state index in [1.807, 2.05) is 6.92 Å². The first-order valence-corrected chi connectivity index (χ1v) is 10.1. The predicted octanol–water partition coefficient (Wildman–Crippen LogP) is 5.08. The van der Waals surface area contributed by atoms with Crippen LogP contribution in [0.1, 0.15) is 23.6 Å². The highest BCUT2D eigenvalue weighted by Crippen LogP contribution is 2.24. The van der Waals surface area contributed by atoms with E-state index in [0.717, 1.165) is 19.0 Å². The summed E-state index contributed by atoms with van der Waals surface area (Å²) in [6.07, 6.45) is 5.21. The monoisotopic (exact) mass is 412 g/mol. The maximum Gasteiger partial charge on any atom is 0.267 e. The Balaban J connectivity index is 0.000000941. The van der Waals surface area contributed by atoms with Gasteiger partial charge in [-0.25, -0.2) is 9.87 Å². The van der Waals surface area contributed by atoms with Crippen molar-refractivity contribution in [3.05, 3.63) is 89.1 Å². The summed E-state index contributed by atoms with van der Waals surface area (Å²) in [5.74, 6) is -0.985. The molecule has 2 aromatic carbocycles. The Labute approximate surface area is 174 Å². The Morgan fingerprint density at radius 1 is 1.24 bits per heavy atom. The van der Waals surface area contributed by atoms with Crippen molar-refractivity contribution in [2.45, 2.75) is 19.9 Å². The molecule has 3 aromatic rings. The second-order valence-electron chi connectivity index (χ2n) is 6.25. The van der Waals surface area contributed by atoms with Crippen LogP contribution in [0.4, 0.5) is 4.39 Å². The van der Waals surface area contributed by atoms with E-state index in [4.69, 9.17) is 5.21 Å². The fourth-order valence-electron chi connectivity index (χ4n) is 2.72. The van der Waals surface area contributed by atoms with Gasteiger partial charge in [-0.15, -0.1) is 17.9 Å². The van der Waals surface area contributed by atoms with Crippen LogP contribution < -0.4 is 10.8 Å². The Morgan fingerprint density at radius 2 is 2.03 bits per heavy atom. The molecule has 0 aliphatic carbocycles. The number of halogens is 1. The summed E-state index contributed by atoms with van der Waals surface area (Å²) >= 11 is 1.74. The van der Waals surface area contributed by atoms with Gasteiger partial charge in [-0.05, 0) is 60.0 Å². The lowest BCUT2D eigenvalue weighted by Crippen LogP contribution is -2.17. The molecule has 3 rings (SSSR count). The van der Waals surface area contributed by atoms with Crippen LogP contribution in [0, 0.1) is 5.82 Å². The van der Waals surface area contributed by atoms with Crippen LogP contribution >= 0.6 is 11.3 Å². The third-order valence-corrected chi connectivity index (χ3v) is 5.07. The number of carbonyl (C=O) groups is 1. The van der Waals surface area contributed by atoms with Crippen molar-refractivity contribution in [1.82, 2.24) is 10.8 Å². The molecule has 0 aliphatic heterocycles. The normalized spacial score (nSPS) is 10.6. The number of nitrogens with one attached hydrogen (secondary N) is 2. The van der Waals surface area contributed by atoms with Gasteiger partial charge in [-0.1, -0.05) is 36.4 Å². The number of hydrogen-bond donors (Lipinski definition) is 3. The van der Waals surface area contributed by atoms with E-state index >= 15 is 0 Å². The molecule has 0 radical (unpaired) electrons. The average Bonchev–Trinajstić information content (AvgIpc) is 3.20. The summed E-state index contributed by atoms with van der Waals surface area (Å²) in [5, 5.41) is 15.1. The van der Waals surface area contributed by atoms with Gasteiger partial charge < -0.3 is 5.32 Å². The van der Waals surface area contributed by atoms with Crippen molar-refractivity contribution < 1.29 is 14.4 Å². The molecule has 0 bridgehead atoms. The highest BCUT2D eigenvalue weighted by molar-refractivity contribution is 7.17. The topological polar surface area (TPSA) is 61.4 Å². The van der Waals surface area contributed by atoms with Gasteiger partial charge in [0.1, 0.15) is 5.82 Å². The minimum atomic E-state index is -0.656. The smallest absolute Gasteiger partial charge is 0.267 e. The Morgan fingerprint density at radius 3 is 2.76 bits per heavy atom. The quantitative estimate of drug-likeness (QED) is 0.167. The SMILES string of the molecule is C=CC.O=C(/C=C/c1ccc(CNCCc2cccc3ccsc23)c(F)c1)NO. The first-order chi connectivity index (χ1) is 14.1. The van der Waals surface area contributed by atoms with Gasteiger partial charge >= 0.3 is 0 Å². The molecular formula is C23H25FN2O2S. The Kier molecular flexibility index (Phi) is 9.24. The summed E-state index contributed by atoms with van der Waals surface area (Å²) in [6.45, 7) is 6.45. The van der Waals surface area contributed by atoms with E-state index in [9.17, 15) is 9.18 Å². The third-order valence-electron chi connectivity index (χ3n) is 4.06. The largest absolute Gasteiger partial charge is 0.312 e. The molecule has 0 saturated heterocycles. The zero-order chi connectivity index (χ0) is 21.1. The van der Waals surface area contributed by atoms with Crippen molar-refractivity contribution in [3.63, 3.8) is 0 Å². The first-order valence-electron chi connectivity index (χ1n) is 9.22. The fraction of sp³-hybridized carbons (Fsp3) is 0.174. The highest BCUT2D eigenvalue weighted by Gasteiger charge is 2.04. The molecule has 0 saturated carbocycles. The van der Waals surface area contributed by atoms with Crippen LogP contribution in [0.2, 0.25) is 0 Å². The van der Waals surface area contributed by atoms with E-state index < -0.39 is 5.91 Å². The van der Waals surface area contributed by atoms with E-state index in [0.29, 0.717) is 17.7 Å². The van der Waals surface area contributed by atoms with Gasteiger partial charge in [0.05, 0.1) is 0 Å². The van der Waals surface area contributed by atoms with E-state index in [1.54, 1.807) is 29.5 Å². The molecule has 4 nitrogen and oxygen atoms in total. The van der Waals surface area contributed by atoms with Gasteiger partial charge in [-0.2, -0.15) is 0 Å². The van der Waals surface area contributed by atoms with E-state index in [2.05, 4.69) is 41.5 Å². The second kappa shape index (κ2) is 11.9. The number of hydrogen-bond acceptors (Lipinski definition) is 4. The van der Waals surface area contributed by atoms with Crippen molar-refractivity contribution in [2.75, 3.05) is 6.54 Å². The third kappa shape index (κ3) is 6.94. The molecule has 0 atom stereocenters. The average molecular weight is 413 g/mol. The van der Waals surface area contributed by atoms with Crippen molar-refractivity contribution in [1.29, 1.82) is 0 Å². The molecule has 6 heteroatoms. The molecular weight excluding hydrogens is 387 g/mol. The summed E-state index contributed by atoms with van der Waals surface area (Å²) in [4.78, 5) is 10.9. The summed E-state index contributed by atoms with van der Waals surface area (Å²) in [7, 11) is 0. The van der Waals surface area contributed by atoms with Gasteiger partial charge in [-0.3, -0.25) is 10.0 Å². The number of rotatable bonds is 7. The molecule has 0 spiro atoms. The molecule has 1 amide bonds. The minimum absolute atomic E-state index is 0.329. The van der Waals surface area contributed by atoms with Gasteiger partial charge in [0.2, 0.25) is 0 Å². The molecule has 0 fully saturated rings. The minimum Gasteiger partial charge on any atom is -0.312 e. The Bertz CT molecular complexity index is 982. The number of amides is 1. The van der Waals surface area contributed by atoms with Crippen molar-refractivity contribution >= 4 is 33.4 Å². The molecule has 1 heterocycles. The lowest BCUT2D eigenvalue weighted by Gasteiger charge is -2.08. The number of thiophene rings is 1. The van der Waals surface area contributed by atoms with Gasteiger partial charge in [0, 0.05) is 22.9 Å². The van der Waals surface area contributed by atoms with Crippen LogP contribution in [-0.2, 0) is 17.8 Å². The number of carbonyl (C=O) groups excluding carboxylic acids is 1. The van der Waals surface area contributed by atoms with Gasteiger partial charge in [0.25, 0.3) is 5.91 Å². The number of allylic oxidation sites excluding steroid dienone is 1. The Hall–Kier alpha value is -2.80. The summed E-state index contributed by atoms with van der Waals surface area (Å²) < 4.78 is 15.5. The van der Waals surface area contributed by atoms with E-state index in [-0.39, 0.29) is 5.82 Å². The summed E-state index contributed by atoms with van der Waals surface area (Å²) in [6, 6.07) is 13.2. The molecule has 0 aliphatic rings. The predicted molar refractivity (Wildman–Crippen MR) is 118 cm³/mol. The van der Waals surface area contributed by atoms with Crippen LogP contribution in [0.3, 0.4) is 0 Å². The van der Waals surface area contributed by atoms with E-state index in [1.165, 1.54) is 33.3 Å². The fourth-order valence-corrected chi connectivity index (χ4v) is 3.66.